The van der Waals surface area contributed by atoms with Gasteiger partial charge in [0.1, 0.15) is 17.2 Å². The van der Waals surface area contributed by atoms with E-state index >= 15 is 0 Å². The fourth-order valence-corrected chi connectivity index (χ4v) is 3.61. The first-order chi connectivity index (χ1) is 14.5. The number of para-hydroxylation sites is 1. The van der Waals surface area contributed by atoms with E-state index in [1.807, 2.05) is 30.3 Å². The molecule has 0 saturated carbocycles. The first-order valence-electron chi connectivity index (χ1n) is 9.97. The Morgan fingerprint density at radius 3 is 2.97 bits per heavy atom. The van der Waals surface area contributed by atoms with Crippen LogP contribution < -0.4 is 10.6 Å². The summed E-state index contributed by atoms with van der Waals surface area (Å²) in [5.74, 6) is 1.14. The normalized spacial score (nSPS) is 13.9. The lowest BCUT2D eigenvalue weighted by Crippen LogP contribution is -2.24. The number of pyridine rings is 1. The van der Waals surface area contributed by atoms with Gasteiger partial charge in [-0.2, -0.15) is 0 Å². The minimum atomic E-state index is -0.126. The monoisotopic (exact) mass is 404 g/mol. The number of benzene rings is 1. The van der Waals surface area contributed by atoms with Crippen molar-refractivity contribution in [2.24, 2.45) is 0 Å². The summed E-state index contributed by atoms with van der Waals surface area (Å²) < 4.78 is 5.99. The summed E-state index contributed by atoms with van der Waals surface area (Å²) in [5.41, 5.74) is 3.67. The molecule has 0 fully saturated rings. The van der Waals surface area contributed by atoms with Gasteiger partial charge < -0.3 is 20.0 Å². The van der Waals surface area contributed by atoms with Crippen molar-refractivity contribution < 1.29 is 14.0 Å². The van der Waals surface area contributed by atoms with E-state index in [0.29, 0.717) is 18.9 Å². The van der Waals surface area contributed by atoms with Crippen molar-refractivity contribution in [1.82, 2.24) is 15.2 Å². The summed E-state index contributed by atoms with van der Waals surface area (Å²) in [6, 6.07) is 9.85. The molecule has 0 spiro atoms. The summed E-state index contributed by atoms with van der Waals surface area (Å²) in [6.45, 7) is 3.29. The lowest BCUT2D eigenvalue weighted by molar-refractivity contribution is -0.125. The number of likely N-dealkylation sites (N-methyl/N-ethyl adjacent to an activating group) is 1. The van der Waals surface area contributed by atoms with Gasteiger partial charge in [-0.05, 0) is 30.2 Å². The Morgan fingerprint density at radius 1 is 1.30 bits per heavy atom. The van der Waals surface area contributed by atoms with E-state index in [-0.39, 0.29) is 18.4 Å². The lowest BCUT2D eigenvalue weighted by atomic mass is 10.1. The Bertz CT molecular complexity index is 1130. The molecule has 1 aromatic carbocycles. The molecule has 0 unspecified atom stereocenters. The number of nitrogens with one attached hydrogen (secondary N) is 2. The number of fused-ring (bicyclic) bond motifs is 2. The fourth-order valence-electron chi connectivity index (χ4n) is 3.61. The number of nitrogens with zero attached hydrogens (tertiary/aromatic N) is 2. The van der Waals surface area contributed by atoms with Crippen molar-refractivity contribution in [3.63, 3.8) is 0 Å². The van der Waals surface area contributed by atoms with Crippen LogP contribution in [0, 0.1) is 0 Å². The van der Waals surface area contributed by atoms with Gasteiger partial charge in [-0.25, -0.2) is 4.98 Å². The Hall–Kier alpha value is -3.45. The molecule has 7 nitrogen and oxygen atoms in total. The maximum absolute atomic E-state index is 12.6. The molecule has 2 N–H and O–H groups in total. The van der Waals surface area contributed by atoms with Crippen LogP contribution in [0.15, 0.2) is 47.0 Å². The number of hydrogen-bond acceptors (Lipinski definition) is 5. The zero-order valence-electron chi connectivity index (χ0n) is 17.1. The topological polar surface area (TPSA) is 87.5 Å². The predicted octanol–water partition coefficient (Wildman–Crippen LogP) is 3.10. The Morgan fingerprint density at radius 2 is 2.13 bits per heavy atom. The summed E-state index contributed by atoms with van der Waals surface area (Å²) >= 11 is 0. The van der Waals surface area contributed by atoms with Gasteiger partial charge in [-0.15, -0.1) is 0 Å². The van der Waals surface area contributed by atoms with Gasteiger partial charge in [-0.3, -0.25) is 9.59 Å². The molecule has 3 heterocycles. The maximum atomic E-state index is 12.6. The van der Waals surface area contributed by atoms with Crippen LogP contribution >= 0.6 is 0 Å². The van der Waals surface area contributed by atoms with E-state index in [9.17, 15) is 9.59 Å². The smallest absolute Gasteiger partial charge is 0.246 e. The number of furan rings is 1. The molecule has 0 radical (unpaired) electrons. The number of aromatic nitrogens is 1. The van der Waals surface area contributed by atoms with Crippen LogP contribution in [-0.2, 0) is 29.1 Å². The van der Waals surface area contributed by atoms with E-state index in [1.165, 1.54) is 6.08 Å². The van der Waals surface area contributed by atoms with Crippen molar-refractivity contribution in [2.75, 3.05) is 18.9 Å². The van der Waals surface area contributed by atoms with Crippen LogP contribution in [0.2, 0.25) is 0 Å². The van der Waals surface area contributed by atoms with Gasteiger partial charge in [0.2, 0.25) is 11.8 Å². The highest BCUT2D eigenvalue weighted by atomic mass is 16.3. The van der Waals surface area contributed by atoms with E-state index in [0.717, 1.165) is 39.8 Å². The summed E-state index contributed by atoms with van der Waals surface area (Å²) in [4.78, 5) is 30.2. The quantitative estimate of drug-likeness (QED) is 0.638. The molecule has 0 atom stereocenters. The van der Waals surface area contributed by atoms with Crippen molar-refractivity contribution in [2.45, 2.75) is 26.4 Å². The molecule has 1 aliphatic rings. The Kier molecular flexibility index (Phi) is 5.63. The van der Waals surface area contributed by atoms with Crippen LogP contribution in [-0.4, -0.2) is 35.3 Å². The highest BCUT2D eigenvalue weighted by Gasteiger charge is 2.16. The van der Waals surface area contributed by atoms with Crippen molar-refractivity contribution in [1.29, 1.82) is 0 Å². The second kappa shape index (κ2) is 8.51. The molecular weight excluding hydrogens is 380 g/mol. The van der Waals surface area contributed by atoms with E-state index in [4.69, 9.17) is 4.42 Å². The van der Waals surface area contributed by atoms with Crippen LogP contribution in [0.3, 0.4) is 0 Å². The molecular formula is C23H24N4O3. The third-order valence-electron chi connectivity index (χ3n) is 5.16. The predicted molar refractivity (Wildman–Crippen MR) is 116 cm³/mol. The summed E-state index contributed by atoms with van der Waals surface area (Å²) in [5, 5.41) is 6.91. The molecule has 2 aromatic heterocycles. The minimum Gasteiger partial charge on any atom is -0.459 e. The van der Waals surface area contributed by atoms with Gasteiger partial charge in [0.05, 0.1) is 13.1 Å². The highest BCUT2D eigenvalue weighted by Crippen LogP contribution is 2.27. The van der Waals surface area contributed by atoms with Crippen LogP contribution in [0.4, 0.5) is 5.82 Å². The van der Waals surface area contributed by atoms with E-state index in [2.05, 4.69) is 22.5 Å². The van der Waals surface area contributed by atoms with Gasteiger partial charge >= 0.3 is 0 Å². The molecule has 7 heteroatoms. The standard InChI is InChI=1S/C23H24N4O3/c1-3-17-18-6-4-5-7-19(18)30-20(17)14-27(2)22(29)9-8-15-10-16-12-24-13-21(28)26-23(16)25-11-15/h4-11,24H,3,12-14H2,1-2H3,(H,25,26,28)/b9-8+. The largest absolute Gasteiger partial charge is 0.459 e. The second-order valence-electron chi connectivity index (χ2n) is 7.31. The van der Waals surface area contributed by atoms with Crippen LogP contribution in [0.25, 0.3) is 17.0 Å². The van der Waals surface area contributed by atoms with Gasteiger partial charge in [0, 0.05) is 42.4 Å². The molecule has 2 amide bonds. The molecule has 30 heavy (non-hydrogen) atoms. The minimum absolute atomic E-state index is 0.113. The SMILES string of the molecule is CCc1c(CN(C)C(=O)/C=C/c2cnc3c(c2)CNCC(=O)N3)oc2ccccc12. The van der Waals surface area contributed by atoms with Gasteiger partial charge in [0.25, 0.3) is 0 Å². The van der Waals surface area contributed by atoms with Crippen molar-refractivity contribution in [3.8, 4) is 0 Å². The summed E-state index contributed by atoms with van der Waals surface area (Å²) in [6.07, 6.45) is 5.75. The molecule has 4 rings (SSSR count). The molecule has 1 aliphatic heterocycles. The zero-order chi connectivity index (χ0) is 21.1. The first-order valence-corrected chi connectivity index (χ1v) is 9.97. The third-order valence-corrected chi connectivity index (χ3v) is 5.16. The molecule has 0 saturated heterocycles. The summed E-state index contributed by atoms with van der Waals surface area (Å²) in [7, 11) is 1.76. The van der Waals surface area contributed by atoms with Crippen molar-refractivity contribution in [3.05, 3.63) is 65.1 Å². The number of aryl methyl sites for hydroxylation is 1. The number of carbonyl (C=O) groups is 2. The molecule has 0 bridgehead atoms. The number of hydrogen-bond donors (Lipinski definition) is 2. The third kappa shape index (κ3) is 4.11. The van der Waals surface area contributed by atoms with Gasteiger partial charge in [0.15, 0.2) is 0 Å². The lowest BCUT2D eigenvalue weighted by Gasteiger charge is -2.14. The number of rotatable bonds is 5. The second-order valence-corrected chi connectivity index (χ2v) is 7.31. The van der Waals surface area contributed by atoms with Crippen LogP contribution in [0.1, 0.15) is 29.4 Å². The zero-order valence-corrected chi connectivity index (χ0v) is 17.1. The van der Waals surface area contributed by atoms with E-state index in [1.54, 1.807) is 24.2 Å². The maximum Gasteiger partial charge on any atom is 0.246 e. The molecule has 154 valence electrons. The molecule has 0 aliphatic carbocycles. The van der Waals surface area contributed by atoms with Crippen LogP contribution in [0.5, 0.6) is 0 Å². The Labute approximate surface area is 174 Å². The van der Waals surface area contributed by atoms with Crippen molar-refractivity contribution >= 4 is 34.7 Å². The number of anilines is 1. The highest BCUT2D eigenvalue weighted by molar-refractivity contribution is 5.93. The fraction of sp³-hybridized carbons (Fsp3) is 0.261. The number of carbonyl (C=O) groups excluding carboxylic acids is 2. The Balaban J connectivity index is 1.47. The molecule has 3 aromatic rings. The van der Waals surface area contributed by atoms with Gasteiger partial charge in [-0.1, -0.05) is 25.1 Å². The van der Waals surface area contributed by atoms with E-state index < -0.39 is 0 Å². The average Bonchev–Trinajstić information content (AvgIpc) is 2.98. The number of amides is 2. The first kappa shape index (κ1) is 19.8. The average molecular weight is 404 g/mol.